The van der Waals surface area contributed by atoms with Gasteiger partial charge < -0.3 is 11.1 Å². The van der Waals surface area contributed by atoms with Crippen molar-refractivity contribution in [3.8, 4) is 0 Å². The molecule has 2 rings (SSSR count). The molecule has 104 valence electrons. The van der Waals surface area contributed by atoms with Crippen LogP contribution in [0.3, 0.4) is 0 Å². The Kier molecular flexibility index (Phi) is 4.79. The predicted octanol–water partition coefficient (Wildman–Crippen LogP) is 3.44. The molecule has 1 saturated carbocycles. The van der Waals surface area contributed by atoms with Crippen LogP contribution < -0.4 is 11.1 Å². The third-order valence-electron chi connectivity index (χ3n) is 3.78. The number of hydrogen-bond donors (Lipinski definition) is 2. The van der Waals surface area contributed by atoms with Gasteiger partial charge >= 0.3 is 0 Å². The van der Waals surface area contributed by atoms with Gasteiger partial charge in [-0.2, -0.15) is 11.8 Å². The van der Waals surface area contributed by atoms with E-state index in [9.17, 15) is 4.79 Å². The van der Waals surface area contributed by atoms with Crippen LogP contribution in [0.4, 0.5) is 5.69 Å². The molecular weight excluding hydrogens is 324 g/mol. The highest BCUT2D eigenvalue weighted by molar-refractivity contribution is 9.10. The van der Waals surface area contributed by atoms with Crippen LogP contribution in [0.15, 0.2) is 22.7 Å². The molecule has 3 nitrogen and oxygen atoms in total. The molecule has 3 N–H and O–H groups in total. The molecule has 1 aromatic carbocycles. The summed E-state index contributed by atoms with van der Waals surface area (Å²) in [4.78, 5) is 12.1. The maximum absolute atomic E-state index is 12.1. The average Bonchev–Trinajstić information content (AvgIpc) is 2.89. The van der Waals surface area contributed by atoms with Crippen molar-refractivity contribution < 1.29 is 4.79 Å². The number of hydrogen-bond acceptors (Lipinski definition) is 3. The summed E-state index contributed by atoms with van der Waals surface area (Å²) in [5.74, 6) is -0.0268. The van der Waals surface area contributed by atoms with Gasteiger partial charge in [-0.1, -0.05) is 12.8 Å². The van der Waals surface area contributed by atoms with E-state index >= 15 is 0 Å². The Bertz CT molecular complexity index is 473. The van der Waals surface area contributed by atoms with Gasteiger partial charge in [0.05, 0.1) is 0 Å². The summed E-state index contributed by atoms with van der Waals surface area (Å²) >= 11 is 5.23. The smallest absolute Gasteiger partial charge is 0.251 e. The number of carbonyl (C=O) groups excluding carboxylic acids is 1. The third kappa shape index (κ3) is 3.45. The molecule has 1 aromatic rings. The van der Waals surface area contributed by atoms with Gasteiger partial charge in [0.1, 0.15) is 0 Å². The van der Waals surface area contributed by atoms with Crippen molar-refractivity contribution in [1.82, 2.24) is 5.32 Å². The van der Waals surface area contributed by atoms with Gasteiger partial charge in [0.15, 0.2) is 0 Å². The first-order valence-electron chi connectivity index (χ1n) is 6.45. The number of rotatable bonds is 4. The van der Waals surface area contributed by atoms with E-state index in [1.165, 1.54) is 25.7 Å². The number of anilines is 1. The number of amides is 1. The molecular formula is C14H19BrN2OS. The molecule has 0 atom stereocenters. The van der Waals surface area contributed by atoms with Gasteiger partial charge in [-0.05, 0) is 53.2 Å². The van der Waals surface area contributed by atoms with Crippen molar-refractivity contribution in [2.45, 2.75) is 30.4 Å². The Hall–Kier alpha value is -0.680. The minimum atomic E-state index is -0.0268. The summed E-state index contributed by atoms with van der Waals surface area (Å²) in [5.41, 5.74) is 7.02. The fourth-order valence-electron chi connectivity index (χ4n) is 2.48. The molecule has 1 aliphatic rings. The number of carbonyl (C=O) groups is 1. The number of thioether (sulfide) groups is 1. The van der Waals surface area contributed by atoms with Gasteiger partial charge in [-0.15, -0.1) is 0 Å². The van der Waals surface area contributed by atoms with Gasteiger partial charge in [0.2, 0.25) is 0 Å². The maximum Gasteiger partial charge on any atom is 0.251 e. The molecule has 0 aliphatic heterocycles. The first-order chi connectivity index (χ1) is 9.06. The van der Waals surface area contributed by atoms with Crippen LogP contribution in [0.25, 0.3) is 0 Å². The summed E-state index contributed by atoms with van der Waals surface area (Å²) in [6, 6.07) is 5.28. The topological polar surface area (TPSA) is 55.1 Å². The molecule has 1 aliphatic carbocycles. The van der Waals surface area contributed by atoms with Crippen molar-refractivity contribution in [3.63, 3.8) is 0 Å². The zero-order valence-electron chi connectivity index (χ0n) is 11.0. The fourth-order valence-corrected chi connectivity index (χ4v) is 3.78. The Balaban J connectivity index is 1.99. The number of nitrogens with one attached hydrogen (secondary N) is 1. The molecule has 1 amide bonds. The Morgan fingerprint density at radius 1 is 1.47 bits per heavy atom. The van der Waals surface area contributed by atoms with Crippen molar-refractivity contribution in [1.29, 1.82) is 0 Å². The van der Waals surface area contributed by atoms with E-state index in [4.69, 9.17) is 5.73 Å². The van der Waals surface area contributed by atoms with Crippen LogP contribution in [-0.4, -0.2) is 23.5 Å². The van der Waals surface area contributed by atoms with E-state index in [0.717, 1.165) is 11.0 Å². The largest absolute Gasteiger partial charge is 0.398 e. The van der Waals surface area contributed by atoms with Crippen molar-refractivity contribution in [3.05, 3.63) is 28.2 Å². The summed E-state index contributed by atoms with van der Waals surface area (Å²) in [5, 5.41) is 3.06. The lowest BCUT2D eigenvalue weighted by Gasteiger charge is -2.26. The first-order valence-corrected chi connectivity index (χ1v) is 8.46. The monoisotopic (exact) mass is 342 g/mol. The van der Waals surface area contributed by atoms with Crippen molar-refractivity contribution in [2.75, 3.05) is 18.5 Å². The Morgan fingerprint density at radius 3 is 2.74 bits per heavy atom. The predicted molar refractivity (Wildman–Crippen MR) is 85.6 cm³/mol. The van der Waals surface area contributed by atoms with Crippen molar-refractivity contribution in [2.24, 2.45) is 0 Å². The summed E-state index contributed by atoms with van der Waals surface area (Å²) in [7, 11) is 0. The molecule has 0 aromatic heterocycles. The standard InChI is InChI=1S/C14H19BrN2OS/c1-19-14(6-2-3-7-14)9-17-13(18)10-4-5-12(16)11(15)8-10/h4-5,8H,2-3,6-7,9,16H2,1H3,(H,17,18). The molecule has 0 unspecified atom stereocenters. The lowest BCUT2D eigenvalue weighted by molar-refractivity contribution is 0.0949. The van der Waals surface area contributed by atoms with Crippen LogP contribution in [0.1, 0.15) is 36.0 Å². The zero-order chi connectivity index (χ0) is 13.9. The lowest BCUT2D eigenvalue weighted by atomic mass is 10.1. The SMILES string of the molecule is CSC1(CNC(=O)c2ccc(N)c(Br)c2)CCCC1. The van der Waals surface area contributed by atoms with Gasteiger partial charge in [-0.3, -0.25) is 4.79 Å². The number of halogens is 1. The molecule has 0 heterocycles. The Morgan fingerprint density at radius 2 is 2.16 bits per heavy atom. The van der Waals surface area contributed by atoms with Gasteiger partial charge in [-0.25, -0.2) is 0 Å². The Labute approximate surface area is 126 Å². The highest BCUT2D eigenvalue weighted by Crippen LogP contribution is 2.39. The minimum Gasteiger partial charge on any atom is -0.398 e. The molecule has 1 fully saturated rings. The number of nitrogens with two attached hydrogens (primary N) is 1. The molecule has 0 radical (unpaired) electrons. The first kappa shape index (κ1) is 14.7. The fraction of sp³-hybridized carbons (Fsp3) is 0.500. The van der Waals surface area contributed by atoms with Gasteiger partial charge in [0, 0.05) is 27.0 Å². The van der Waals surface area contributed by atoms with E-state index in [1.807, 2.05) is 11.8 Å². The second-order valence-corrected chi connectivity index (χ2v) is 7.14. The molecule has 19 heavy (non-hydrogen) atoms. The second-order valence-electron chi connectivity index (χ2n) is 5.01. The highest BCUT2D eigenvalue weighted by Gasteiger charge is 2.33. The van der Waals surface area contributed by atoms with Crippen LogP contribution in [0, 0.1) is 0 Å². The normalized spacial score (nSPS) is 17.4. The van der Waals surface area contributed by atoms with Crippen LogP contribution in [0.2, 0.25) is 0 Å². The highest BCUT2D eigenvalue weighted by atomic mass is 79.9. The number of nitrogen functional groups attached to an aromatic ring is 1. The van der Waals surface area contributed by atoms with Crippen LogP contribution in [0.5, 0.6) is 0 Å². The second kappa shape index (κ2) is 6.18. The van der Waals surface area contributed by atoms with Crippen molar-refractivity contribution >= 4 is 39.3 Å². The maximum atomic E-state index is 12.1. The molecule has 0 spiro atoms. The molecule has 5 heteroatoms. The average molecular weight is 343 g/mol. The zero-order valence-corrected chi connectivity index (χ0v) is 13.4. The van der Waals surface area contributed by atoms with Crippen LogP contribution >= 0.6 is 27.7 Å². The van der Waals surface area contributed by atoms with E-state index in [2.05, 4.69) is 27.5 Å². The van der Waals surface area contributed by atoms with E-state index in [0.29, 0.717) is 11.3 Å². The van der Waals surface area contributed by atoms with E-state index in [-0.39, 0.29) is 10.7 Å². The van der Waals surface area contributed by atoms with E-state index < -0.39 is 0 Å². The summed E-state index contributed by atoms with van der Waals surface area (Å²) in [6.07, 6.45) is 7.06. The molecule has 0 bridgehead atoms. The third-order valence-corrected chi connectivity index (χ3v) is 5.89. The summed E-state index contributed by atoms with van der Waals surface area (Å²) < 4.78 is 1.00. The lowest BCUT2D eigenvalue weighted by Crippen LogP contribution is -2.38. The van der Waals surface area contributed by atoms with Crippen LogP contribution in [-0.2, 0) is 0 Å². The van der Waals surface area contributed by atoms with Gasteiger partial charge in [0.25, 0.3) is 5.91 Å². The van der Waals surface area contributed by atoms with E-state index in [1.54, 1.807) is 18.2 Å². The molecule has 0 saturated heterocycles. The quantitative estimate of drug-likeness (QED) is 0.824. The number of benzene rings is 1. The summed E-state index contributed by atoms with van der Waals surface area (Å²) in [6.45, 7) is 0.745. The minimum absolute atomic E-state index is 0.0268.